The van der Waals surface area contributed by atoms with Crippen molar-refractivity contribution < 1.29 is 9.50 Å². The van der Waals surface area contributed by atoms with Crippen molar-refractivity contribution >= 4 is 5.69 Å². The molecule has 2 aromatic rings. The lowest BCUT2D eigenvalue weighted by molar-refractivity contribution is -0.0209. The quantitative estimate of drug-likeness (QED) is 0.790. The predicted molar refractivity (Wildman–Crippen MR) is 118 cm³/mol. The van der Waals surface area contributed by atoms with Crippen molar-refractivity contribution in [2.75, 3.05) is 44.7 Å². The molecular weight excluding hydrogens is 379 g/mol. The van der Waals surface area contributed by atoms with Gasteiger partial charge in [-0.25, -0.2) is 4.39 Å². The first-order valence-corrected chi connectivity index (χ1v) is 11.1. The molecule has 2 aliphatic rings. The number of β-amino-alcohol motifs (C(OH)–C–C–N with tert-alkyl or cyclic N) is 1. The fourth-order valence-corrected chi connectivity index (χ4v) is 4.93. The van der Waals surface area contributed by atoms with E-state index in [9.17, 15) is 9.50 Å². The standard InChI is InChI=1S/C24H33FN4O/c1-27(14-9-20-4-2-3-13-26-20)23-12-17-29(18-24(23)30)22-10-15-28(16-11-22)21-7-5-19(25)6-8-21/h2-8,13,22-24,30H,9-12,14-18H2,1H3/t23-,24-/m1/s1. The summed E-state index contributed by atoms with van der Waals surface area (Å²) in [5.74, 6) is -0.185. The molecule has 6 heteroatoms. The van der Waals surface area contributed by atoms with Crippen molar-refractivity contribution in [1.82, 2.24) is 14.8 Å². The van der Waals surface area contributed by atoms with Gasteiger partial charge in [0.2, 0.25) is 0 Å². The third kappa shape index (κ3) is 5.17. The van der Waals surface area contributed by atoms with Gasteiger partial charge in [0.05, 0.1) is 6.10 Å². The van der Waals surface area contributed by atoms with Crippen molar-refractivity contribution in [3.05, 3.63) is 60.2 Å². The monoisotopic (exact) mass is 412 g/mol. The molecule has 0 spiro atoms. The Morgan fingerprint density at radius 2 is 1.83 bits per heavy atom. The maximum atomic E-state index is 13.2. The van der Waals surface area contributed by atoms with Crippen LogP contribution in [0.5, 0.6) is 0 Å². The molecule has 2 atom stereocenters. The number of aliphatic hydroxyl groups excluding tert-OH is 1. The number of pyridine rings is 1. The molecule has 4 rings (SSSR count). The highest BCUT2D eigenvalue weighted by atomic mass is 19.1. The molecule has 0 amide bonds. The zero-order valence-electron chi connectivity index (χ0n) is 17.8. The highest BCUT2D eigenvalue weighted by molar-refractivity contribution is 5.46. The van der Waals surface area contributed by atoms with Gasteiger partial charge in [-0.1, -0.05) is 6.07 Å². The van der Waals surface area contributed by atoms with E-state index in [0.29, 0.717) is 6.04 Å². The van der Waals surface area contributed by atoms with E-state index in [1.807, 2.05) is 30.5 Å². The van der Waals surface area contributed by atoms with Crippen LogP contribution in [0.25, 0.3) is 0 Å². The van der Waals surface area contributed by atoms with Gasteiger partial charge < -0.3 is 14.9 Å². The highest BCUT2D eigenvalue weighted by Gasteiger charge is 2.34. The molecule has 0 bridgehead atoms. The van der Waals surface area contributed by atoms with Gasteiger partial charge >= 0.3 is 0 Å². The lowest BCUT2D eigenvalue weighted by Crippen LogP contribution is -2.57. The molecule has 0 saturated carbocycles. The van der Waals surface area contributed by atoms with Gasteiger partial charge in [-0.2, -0.15) is 0 Å². The summed E-state index contributed by atoms with van der Waals surface area (Å²) in [6.07, 6.45) is 5.60. The smallest absolute Gasteiger partial charge is 0.123 e. The van der Waals surface area contributed by atoms with E-state index < -0.39 is 0 Å². The Morgan fingerprint density at radius 1 is 1.07 bits per heavy atom. The largest absolute Gasteiger partial charge is 0.390 e. The molecule has 162 valence electrons. The molecule has 5 nitrogen and oxygen atoms in total. The first-order chi connectivity index (χ1) is 14.6. The first-order valence-electron chi connectivity index (χ1n) is 11.1. The number of halogens is 1. The molecule has 30 heavy (non-hydrogen) atoms. The number of likely N-dealkylation sites (N-methyl/N-ethyl adjacent to an activating group) is 1. The normalized spacial score (nSPS) is 23.8. The van der Waals surface area contributed by atoms with E-state index in [0.717, 1.165) is 69.8 Å². The summed E-state index contributed by atoms with van der Waals surface area (Å²) in [4.78, 5) is 11.5. The minimum absolute atomic E-state index is 0.185. The van der Waals surface area contributed by atoms with Crippen molar-refractivity contribution in [3.8, 4) is 0 Å². The molecule has 0 aliphatic carbocycles. The number of rotatable bonds is 6. The van der Waals surface area contributed by atoms with E-state index in [1.165, 1.54) is 12.1 Å². The Labute approximate surface area is 179 Å². The maximum Gasteiger partial charge on any atom is 0.123 e. The van der Waals surface area contributed by atoms with Crippen LogP contribution in [0.2, 0.25) is 0 Å². The first kappa shape index (κ1) is 21.2. The third-order valence-corrected chi connectivity index (χ3v) is 6.76. The van der Waals surface area contributed by atoms with Crippen LogP contribution in [0.1, 0.15) is 25.0 Å². The summed E-state index contributed by atoms with van der Waals surface area (Å²) < 4.78 is 13.2. The van der Waals surface area contributed by atoms with E-state index in [1.54, 1.807) is 0 Å². The maximum absolute atomic E-state index is 13.2. The van der Waals surface area contributed by atoms with Crippen LogP contribution in [0.4, 0.5) is 10.1 Å². The van der Waals surface area contributed by atoms with Gasteiger partial charge in [-0.15, -0.1) is 0 Å². The number of anilines is 1. The number of likely N-dealkylation sites (tertiary alicyclic amines) is 1. The molecule has 2 fully saturated rings. The zero-order chi connectivity index (χ0) is 20.9. The molecule has 0 unspecified atom stereocenters. The highest BCUT2D eigenvalue weighted by Crippen LogP contribution is 2.26. The Balaban J connectivity index is 1.24. The Morgan fingerprint density at radius 3 is 2.50 bits per heavy atom. The van der Waals surface area contributed by atoms with Crippen LogP contribution < -0.4 is 4.90 Å². The average Bonchev–Trinajstić information content (AvgIpc) is 2.79. The van der Waals surface area contributed by atoms with Gasteiger partial charge in [0.15, 0.2) is 0 Å². The van der Waals surface area contributed by atoms with Crippen LogP contribution in [-0.4, -0.2) is 77.8 Å². The lowest BCUT2D eigenvalue weighted by Gasteiger charge is -2.45. The number of piperidine rings is 2. The SMILES string of the molecule is CN(CCc1ccccn1)[C@@H]1CCN(C2CCN(c3ccc(F)cc3)CC2)C[C@H]1O. The number of aromatic nitrogens is 1. The summed E-state index contributed by atoms with van der Waals surface area (Å²) >= 11 is 0. The molecule has 1 N–H and O–H groups in total. The average molecular weight is 413 g/mol. The molecule has 1 aromatic heterocycles. The Bertz CT molecular complexity index is 780. The van der Waals surface area contributed by atoms with Gasteiger partial charge in [0.25, 0.3) is 0 Å². The summed E-state index contributed by atoms with van der Waals surface area (Å²) in [5, 5.41) is 10.8. The minimum Gasteiger partial charge on any atom is -0.390 e. The Hall–Kier alpha value is -2.02. The van der Waals surface area contributed by atoms with E-state index >= 15 is 0 Å². The number of benzene rings is 1. The number of hydrogen-bond donors (Lipinski definition) is 1. The minimum atomic E-state index is -0.317. The summed E-state index contributed by atoms with van der Waals surface area (Å²) in [5.41, 5.74) is 2.20. The lowest BCUT2D eigenvalue weighted by atomic mass is 9.95. The summed E-state index contributed by atoms with van der Waals surface area (Å²) in [6, 6.07) is 13.6. The summed E-state index contributed by atoms with van der Waals surface area (Å²) in [7, 11) is 2.12. The van der Waals surface area contributed by atoms with Crippen molar-refractivity contribution in [3.63, 3.8) is 0 Å². The molecule has 3 heterocycles. The van der Waals surface area contributed by atoms with Gasteiger partial charge in [0, 0.05) is 68.8 Å². The van der Waals surface area contributed by atoms with E-state index in [2.05, 4.69) is 32.8 Å². The van der Waals surface area contributed by atoms with Gasteiger partial charge in [-0.3, -0.25) is 9.88 Å². The van der Waals surface area contributed by atoms with Crippen LogP contribution in [-0.2, 0) is 6.42 Å². The van der Waals surface area contributed by atoms with Crippen LogP contribution >= 0.6 is 0 Å². The second-order valence-electron chi connectivity index (χ2n) is 8.66. The fourth-order valence-electron chi connectivity index (χ4n) is 4.93. The summed E-state index contributed by atoms with van der Waals surface area (Å²) in [6.45, 7) is 4.66. The molecule has 2 aliphatic heterocycles. The molecule has 2 saturated heterocycles. The number of aliphatic hydroxyl groups is 1. The second kappa shape index (κ2) is 9.86. The number of nitrogens with zero attached hydrogens (tertiary/aromatic N) is 4. The fraction of sp³-hybridized carbons (Fsp3) is 0.542. The third-order valence-electron chi connectivity index (χ3n) is 6.76. The molecule has 1 aromatic carbocycles. The Kier molecular flexibility index (Phi) is 6.97. The topological polar surface area (TPSA) is 42.8 Å². The van der Waals surface area contributed by atoms with E-state index in [-0.39, 0.29) is 18.0 Å². The predicted octanol–water partition coefficient (Wildman–Crippen LogP) is 2.80. The van der Waals surface area contributed by atoms with E-state index in [4.69, 9.17) is 0 Å². The van der Waals surface area contributed by atoms with Crippen LogP contribution in [0.3, 0.4) is 0 Å². The number of hydrogen-bond acceptors (Lipinski definition) is 5. The van der Waals surface area contributed by atoms with Gasteiger partial charge in [0.1, 0.15) is 5.82 Å². The molecule has 0 radical (unpaired) electrons. The van der Waals surface area contributed by atoms with Crippen LogP contribution in [0, 0.1) is 5.82 Å². The van der Waals surface area contributed by atoms with Crippen molar-refractivity contribution in [2.45, 2.75) is 43.9 Å². The second-order valence-corrected chi connectivity index (χ2v) is 8.66. The molecular formula is C24H33FN4O. The van der Waals surface area contributed by atoms with Crippen molar-refractivity contribution in [1.29, 1.82) is 0 Å². The zero-order valence-corrected chi connectivity index (χ0v) is 17.8. The van der Waals surface area contributed by atoms with Gasteiger partial charge in [-0.05, 0) is 62.7 Å². The van der Waals surface area contributed by atoms with Crippen molar-refractivity contribution in [2.24, 2.45) is 0 Å². The van der Waals surface area contributed by atoms with Crippen LogP contribution in [0.15, 0.2) is 48.7 Å².